The van der Waals surface area contributed by atoms with E-state index in [-0.39, 0.29) is 30.3 Å². The van der Waals surface area contributed by atoms with Gasteiger partial charge in [-0.15, -0.1) is 24.9 Å². The normalized spacial score (nSPS) is 31.1. The molecule has 3 rings (SSSR count). The molecule has 1 spiro atoms. The molecule has 0 radical (unpaired) electrons. The summed E-state index contributed by atoms with van der Waals surface area (Å²) in [6, 6.07) is -1.21. The molecule has 2 unspecified atom stereocenters. The van der Waals surface area contributed by atoms with Gasteiger partial charge in [0.2, 0.25) is 11.8 Å². The fourth-order valence-electron chi connectivity index (χ4n) is 6.84. The van der Waals surface area contributed by atoms with Crippen LogP contribution in [0.2, 0.25) is 0 Å². The Morgan fingerprint density at radius 2 is 1.97 bits per heavy atom. The fourth-order valence-corrected chi connectivity index (χ4v) is 9.16. The Hall–Kier alpha value is -1.80. The van der Waals surface area contributed by atoms with Gasteiger partial charge in [-0.3, -0.25) is 14.4 Å². The number of rotatable bonds is 16. The topological polar surface area (TPSA) is 87.1 Å². The molecule has 0 aromatic heterocycles. The Morgan fingerprint density at radius 1 is 1.24 bits per heavy atom. The van der Waals surface area contributed by atoms with Crippen molar-refractivity contribution >= 4 is 29.5 Å². The minimum Gasteiger partial charge on any atom is -0.465 e. The summed E-state index contributed by atoms with van der Waals surface area (Å²) in [5, 5.41) is 10.5. The van der Waals surface area contributed by atoms with E-state index in [1.54, 1.807) is 28.8 Å². The van der Waals surface area contributed by atoms with Gasteiger partial charge >= 0.3 is 5.97 Å². The van der Waals surface area contributed by atoms with Gasteiger partial charge in [-0.05, 0) is 44.9 Å². The lowest BCUT2D eigenvalue weighted by atomic mass is 9.66. The van der Waals surface area contributed by atoms with Gasteiger partial charge in [-0.1, -0.05) is 52.2 Å². The van der Waals surface area contributed by atoms with E-state index in [0.717, 1.165) is 38.5 Å². The average Bonchev–Trinajstić information content (AvgIpc) is 3.47. The van der Waals surface area contributed by atoms with Crippen LogP contribution < -0.4 is 0 Å². The van der Waals surface area contributed by atoms with Crippen LogP contribution >= 0.6 is 11.8 Å². The molecule has 2 amide bonds. The second kappa shape index (κ2) is 13.0. The number of unbranched alkanes of at least 4 members (excludes halogenated alkanes) is 3. The van der Waals surface area contributed by atoms with Gasteiger partial charge in [-0.2, -0.15) is 0 Å². The molecule has 7 atom stereocenters. The Bertz CT molecular complexity index is 896. The Balaban J connectivity index is 2.04. The van der Waals surface area contributed by atoms with Gasteiger partial charge in [0.05, 0.1) is 35.8 Å². The number of ether oxygens (including phenoxy) is 1. The third kappa shape index (κ3) is 5.45. The molecular weight excluding hydrogens is 500 g/mol. The lowest BCUT2D eigenvalue weighted by Gasteiger charge is -2.41. The van der Waals surface area contributed by atoms with Gasteiger partial charge in [-0.25, -0.2) is 0 Å². The number of fused-ring (bicyclic) bond motifs is 1. The summed E-state index contributed by atoms with van der Waals surface area (Å²) in [6.07, 6.45) is 10.1. The number of hydrogen-bond donors (Lipinski definition) is 1. The van der Waals surface area contributed by atoms with Crippen molar-refractivity contribution in [2.75, 3.05) is 26.3 Å². The predicted molar refractivity (Wildman–Crippen MR) is 153 cm³/mol. The van der Waals surface area contributed by atoms with Crippen molar-refractivity contribution in [3.05, 3.63) is 25.3 Å². The smallest absolute Gasteiger partial charge is 0.311 e. The highest BCUT2D eigenvalue weighted by atomic mass is 32.2. The second-order valence-electron chi connectivity index (χ2n) is 11.5. The van der Waals surface area contributed by atoms with Crippen LogP contribution in [-0.4, -0.2) is 80.6 Å². The van der Waals surface area contributed by atoms with Crippen molar-refractivity contribution in [1.29, 1.82) is 0 Å². The Kier molecular flexibility index (Phi) is 10.5. The number of aliphatic hydroxyl groups excluding tert-OH is 1. The highest BCUT2D eigenvalue weighted by Crippen LogP contribution is 2.72. The number of likely N-dealkylation sites (tertiary alicyclic amines) is 1. The van der Waals surface area contributed by atoms with Gasteiger partial charge in [0.1, 0.15) is 6.04 Å². The summed E-state index contributed by atoms with van der Waals surface area (Å²) in [5.74, 6) is -1.85. The molecule has 0 aromatic carbocycles. The van der Waals surface area contributed by atoms with E-state index in [0.29, 0.717) is 32.5 Å². The summed E-state index contributed by atoms with van der Waals surface area (Å²) >= 11 is 1.65. The van der Waals surface area contributed by atoms with Crippen LogP contribution in [0.25, 0.3) is 0 Å². The third-order valence-corrected chi connectivity index (χ3v) is 11.0. The maximum absolute atomic E-state index is 14.4. The molecule has 38 heavy (non-hydrogen) atoms. The zero-order chi connectivity index (χ0) is 28.1. The summed E-state index contributed by atoms with van der Waals surface area (Å²) in [7, 11) is 0. The number of allylic oxidation sites excluding steroid dienone is 1. The lowest BCUT2D eigenvalue weighted by molar-refractivity contribution is -0.156. The van der Waals surface area contributed by atoms with Crippen molar-refractivity contribution in [3.63, 3.8) is 0 Å². The van der Waals surface area contributed by atoms with Crippen molar-refractivity contribution in [1.82, 2.24) is 9.80 Å². The van der Waals surface area contributed by atoms with E-state index < -0.39 is 33.4 Å². The molecule has 1 N–H and O–H groups in total. The SMILES string of the molecule is C=CCCCOC(=O)[C@H]1[C@H]2C(=O)N([C@@H](CO)[C@@H](C)CC)C(C(=O)N(CC=C)CCCCC)C23CC[C@]1(C)S3. The van der Waals surface area contributed by atoms with E-state index in [1.165, 1.54) is 0 Å². The number of carbonyl (C=O) groups is 3. The van der Waals surface area contributed by atoms with E-state index in [4.69, 9.17) is 4.74 Å². The average molecular weight is 549 g/mol. The van der Waals surface area contributed by atoms with Crippen molar-refractivity contribution in [3.8, 4) is 0 Å². The first kappa shape index (κ1) is 30.7. The maximum Gasteiger partial charge on any atom is 0.311 e. The molecule has 0 aromatic rings. The van der Waals surface area contributed by atoms with Crippen LogP contribution in [0.4, 0.5) is 0 Å². The zero-order valence-corrected chi connectivity index (χ0v) is 24.6. The lowest BCUT2D eigenvalue weighted by Crippen LogP contribution is -2.58. The minimum atomic E-state index is -0.724. The van der Waals surface area contributed by atoms with Crippen LogP contribution in [0.3, 0.4) is 0 Å². The number of thioether (sulfide) groups is 1. The van der Waals surface area contributed by atoms with E-state index in [1.807, 2.05) is 18.7 Å². The number of hydrogen-bond acceptors (Lipinski definition) is 6. The summed E-state index contributed by atoms with van der Waals surface area (Å²) in [6.45, 7) is 16.9. The van der Waals surface area contributed by atoms with Crippen LogP contribution in [-0.2, 0) is 19.1 Å². The standard InChI is InChI=1S/C30H48N2O5S/c1-7-11-13-18-31(17-9-3)27(35)25-30-16-15-29(6,38-30)24(28(36)37-19-14-12-8-2)23(30)26(34)32(25)22(20-33)21(5)10-4/h8-9,21-25,33H,2-3,7,10-20H2,1,4-6H3/t21-,22-,23-,24+,25?,29-,30?/m0/s1. The first-order valence-corrected chi connectivity index (χ1v) is 15.3. The highest BCUT2D eigenvalue weighted by Gasteiger charge is 2.78. The van der Waals surface area contributed by atoms with E-state index in [9.17, 15) is 19.5 Å². The summed E-state index contributed by atoms with van der Waals surface area (Å²) in [4.78, 5) is 45.8. The van der Waals surface area contributed by atoms with Crippen LogP contribution in [0.5, 0.6) is 0 Å². The highest BCUT2D eigenvalue weighted by molar-refractivity contribution is 8.02. The molecule has 7 nitrogen and oxygen atoms in total. The summed E-state index contributed by atoms with van der Waals surface area (Å²) < 4.78 is 4.54. The molecular formula is C30H48N2O5S. The first-order chi connectivity index (χ1) is 18.2. The quantitative estimate of drug-likeness (QED) is 0.173. The van der Waals surface area contributed by atoms with Gasteiger partial charge < -0.3 is 19.6 Å². The molecule has 3 heterocycles. The second-order valence-corrected chi connectivity index (χ2v) is 13.4. The van der Waals surface area contributed by atoms with Crippen molar-refractivity contribution in [2.45, 2.75) is 101 Å². The zero-order valence-electron chi connectivity index (χ0n) is 23.8. The number of nitrogens with zero attached hydrogens (tertiary/aromatic N) is 2. The minimum absolute atomic E-state index is 0.00418. The fraction of sp³-hybridized carbons (Fsp3) is 0.767. The molecule has 3 aliphatic heterocycles. The number of aliphatic hydroxyl groups is 1. The van der Waals surface area contributed by atoms with Crippen molar-refractivity contribution in [2.24, 2.45) is 17.8 Å². The molecule has 8 heteroatoms. The Morgan fingerprint density at radius 3 is 2.58 bits per heavy atom. The molecule has 2 bridgehead atoms. The van der Waals surface area contributed by atoms with Crippen LogP contribution in [0.1, 0.15) is 79.1 Å². The summed E-state index contributed by atoms with van der Waals surface area (Å²) in [5.41, 5.74) is 0. The van der Waals surface area contributed by atoms with Crippen LogP contribution in [0, 0.1) is 17.8 Å². The number of carbonyl (C=O) groups excluding carboxylic acids is 3. The van der Waals surface area contributed by atoms with Crippen molar-refractivity contribution < 1.29 is 24.2 Å². The predicted octanol–water partition coefficient (Wildman–Crippen LogP) is 4.59. The van der Waals surface area contributed by atoms with Gasteiger partial charge in [0.25, 0.3) is 0 Å². The molecule has 214 valence electrons. The Labute approximate surface area is 233 Å². The molecule has 0 saturated carbocycles. The first-order valence-electron chi connectivity index (χ1n) is 14.5. The van der Waals surface area contributed by atoms with Gasteiger partial charge in [0.15, 0.2) is 0 Å². The number of esters is 1. The largest absolute Gasteiger partial charge is 0.465 e. The molecule has 3 aliphatic rings. The number of amides is 2. The molecule has 3 fully saturated rings. The monoisotopic (exact) mass is 548 g/mol. The third-order valence-electron chi connectivity index (χ3n) is 9.04. The van der Waals surface area contributed by atoms with Crippen LogP contribution in [0.15, 0.2) is 25.3 Å². The van der Waals surface area contributed by atoms with E-state index >= 15 is 0 Å². The molecule has 0 aliphatic carbocycles. The molecule has 3 saturated heterocycles. The van der Waals surface area contributed by atoms with Gasteiger partial charge in [0, 0.05) is 17.8 Å². The maximum atomic E-state index is 14.4. The van der Waals surface area contributed by atoms with E-state index in [2.05, 4.69) is 27.0 Å².